The van der Waals surface area contributed by atoms with E-state index < -0.39 is 5.54 Å². The molecule has 2 unspecified atom stereocenters. The third-order valence-corrected chi connectivity index (χ3v) is 3.59. The molecular formula is C11H20N2O3. The zero-order valence-corrected chi connectivity index (χ0v) is 9.69. The quantitative estimate of drug-likeness (QED) is 0.672. The second kappa shape index (κ2) is 4.31. The summed E-state index contributed by atoms with van der Waals surface area (Å²) in [6.45, 7) is 3.21. The van der Waals surface area contributed by atoms with Gasteiger partial charge in [0.15, 0.2) is 0 Å². The molecule has 1 heterocycles. The maximum absolute atomic E-state index is 12.3. The molecule has 3 N–H and O–H groups in total. The van der Waals surface area contributed by atoms with Crippen LogP contribution in [0.5, 0.6) is 0 Å². The monoisotopic (exact) mass is 228 g/mol. The van der Waals surface area contributed by atoms with Crippen LogP contribution in [0.3, 0.4) is 0 Å². The molecular weight excluding hydrogens is 208 g/mol. The summed E-state index contributed by atoms with van der Waals surface area (Å²) in [6.07, 6.45) is 2.07. The Labute approximate surface area is 95.5 Å². The molecule has 5 heteroatoms. The highest BCUT2D eigenvalue weighted by Crippen LogP contribution is 2.39. The van der Waals surface area contributed by atoms with Crippen LogP contribution in [0, 0.1) is 5.92 Å². The molecule has 0 aromatic heterocycles. The molecule has 0 aromatic rings. The predicted molar refractivity (Wildman–Crippen MR) is 58.7 cm³/mol. The number of amides is 1. The Morgan fingerprint density at radius 3 is 2.88 bits per heavy atom. The molecule has 2 atom stereocenters. The van der Waals surface area contributed by atoms with E-state index in [0.29, 0.717) is 25.7 Å². The van der Waals surface area contributed by atoms with Crippen LogP contribution in [-0.2, 0) is 9.53 Å². The molecule has 1 saturated carbocycles. The highest BCUT2D eigenvalue weighted by molar-refractivity contribution is 5.87. The van der Waals surface area contributed by atoms with Gasteiger partial charge in [0.25, 0.3) is 0 Å². The zero-order chi connectivity index (χ0) is 11.8. The van der Waals surface area contributed by atoms with E-state index in [1.54, 1.807) is 11.8 Å². The minimum absolute atomic E-state index is 0.0441. The van der Waals surface area contributed by atoms with E-state index in [4.69, 9.17) is 10.5 Å². The molecule has 0 aromatic carbocycles. The fourth-order valence-electron chi connectivity index (χ4n) is 2.24. The first-order chi connectivity index (χ1) is 7.57. The molecule has 0 spiro atoms. The Bertz CT molecular complexity index is 276. The third kappa shape index (κ3) is 2.07. The maximum atomic E-state index is 12.3. The van der Waals surface area contributed by atoms with Crippen molar-refractivity contribution >= 4 is 5.91 Å². The molecule has 2 rings (SSSR count). The van der Waals surface area contributed by atoms with E-state index in [2.05, 4.69) is 0 Å². The van der Waals surface area contributed by atoms with Crippen molar-refractivity contribution in [3.63, 3.8) is 0 Å². The van der Waals surface area contributed by atoms with Gasteiger partial charge in [0.1, 0.15) is 0 Å². The molecule has 1 aliphatic carbocycles. The van der Waals surface area contributed by atoms with Gasteiger partial charge < -0.3 is 20.5 Å². The second-order valence-electron chi connectivity index (χ2n) is 4.97. The van der Waals surface area contributed by atoms with Gasteiger partial charge in [0.05, 0.1) is 31.4 Å². The van der Waals surface area contributed by atoms with E-state index in [0.717, 1.165) is 12.8 Å². The minimum atomic E-state index is -0.773. The summed E-state index contributed by atoms with van der Waals surface area (Å²) in [4.78, 5) is 14.0. The average molecular weight is 228 g/mol. The third-order valence-electron chi connectivity index (χ3n) is 3.59. The number of nitrogens with zero attached hydrogens (tertiary/aromatic N) is 1. The summed E-state index contributed by atoms with van der Waals surface area (Å²) < 4.78 is 5.25. The van der Waals surface area contributed by atoms with Gasteiger partial charge in [0, 0.05) is 6.54 Å². The number of rotatable bonds is 3. The normalized spacial score (nSPS) is 29.9. The van der Waals surface area contributed by atoms with Crippen molar-refractivity contribution in [2.45, 2.75) is 31.3 Å². The van der Waals surface area contributed by atoms with Crippen LogP contribution in [0.2, 0.25) is 0 Å². The lowest BCUT2D eigenvalue weighted by Gasteiger charge is -2.39. The molecule has 16 heavy (non-hydrogen) atoms. The van der Waals surface area contributed by atoms with Gasteiger partial charge in [-0.15, -0.1) is 0 Å². The van der Waals surface area contributed by atoms with Gasteiger partial charge in [-0.1, -0.05) is 0 Å². The summed E-state index contributed by atoms with van der Waals surface area (Å²) in [5.74, 6) is 0.263. The Kier molecular flexibility index (Phi) is 3.19. The molecule has 1 saturated heterocycles. The SMILES string of the molecule is CC(N)(C(=O)N1CCOCC1CO)C1CC1. The van der Waals surface area contributed by atoms with E-state index in [1.165, 1.54) is 0 Å². The van der Waals surface area contributed by atoms with E-state index in [9.17, 15) is 9.90 Å². The van der Waals surface area contributed by atoms with Crippen LogP contribution in [0.1, 0.15) is 19.8 Å². The Morgan fingerprint density at radius 2 is 2.31 bits per heavy atom. The summed E-state index contributed by atoms with van der Waals surface area (Å²) in [7, 11) is 0. The maximum Gasteiger partial charge on any atom is 0.243 e. The van der Waals surface area contributed by atoms with Crippen LogP contribution in [0.4, 0.5) is 0 Å². The number of nitrogens with two attached hydrogens (primary N) is 1. The van der Waals surface area contributed by atoms with Crippen LogP contribution in [-0.4, -0.2) is 53.9 Å². The summed E-state index contributed by atoms with van der Waals surface area (Å²) >= 11 is 0. The fraction of sp³-hybridized carbons (Fsp3) is 0.909. The number of ether oxygens (including phenoxy) is 1. The highest BCUT2D eigenvalue weighted by Gasteiger charge is 2.47. The van der Waals surface area contributed by atoms with Crippen molar-refractivity contribution in [1.82, 2.24) is 4.90 Å². The summed E-state index contributed by atoms with van der Waals surface area (Å²) in [5.41, 5.74) is 5.33. The first-order valence-electron chi connectivity index (χ1n) is 5.86. The number of morpholine rings is 1. The Morgan fingerprint density at radius 1 is 1.62 bits per heavy atom. The van der Waals surface area contributed by atoms with E-state index >= 15 is 0 Å². The lowest BCUT2D eigenvalue weighted by Crippen LogP contribution is -2.61. The Hall–Kier alpha value is -0.650. The molecule has 1 amide bonds. The second-order valence-corrected chi connectivity index (χ2v) is 4.97. The average Bonchev–Trinajstić information content (AvgIpc) is 3.12. The van der Waals surface area contributed by atoms with Crippen molar-refractivity contribution in [3.8, 4) is 0 Å². The molecule has 0 radical (unpaired) electrons. The standard InChI is InChI=1S/C11H20N2O3/c1-11(12,8-2-3-8)10(15)13-4-5-16-7-9(13)6-14/h8-9,14H,2-7,12H2,1H3. The zero-order valence-electron chi connectivity index (χ0n) is 9.69. The number of carbonyl (C=O) groups excluding carboxylic acids is 1. The van der Waals surface area contributed by atoms with Gasteiger partial charge in [-0.2, -0.15) is 0 Å². The Balaban J connectivity index is 2.06. The van der Waals surface area contributed by atoms with Gasteiger partial charge in [-0.3, -0.25) is 4.79 Å². The number of hydrogen-bond acceptors (Lipinski definition) is 4. The summed E-state index contributed by atoms with van der Waals surface area (Å²) in [5, 5.41) is 9.22. The molecule has 2 fully saturated rings. The number of carbonyl (C=O) groups is 1. The number of aliphatic hydroxyl groups excluding tert-OH is 1. The van der Waals surface area contributed by atoms with Crippen molar-refractivity contribution < 1.29 is 14.6 Å². The topological polar surface area (TPSA) is 75.8 Å². The van der Waals surface area contributed by atoms with Gasteiger partial charge in [-0.25, -0.2) is 0 Å². The first-order valence-corrected chi connectivity index (χ1v) is 5.86. The summed E-state index contributed by atoms with van der Waals surface area (Å²) in [6, 6.07) is -0.233. The van der Waals surface area contributed by atoms with Crippen LogP contribution in [0.25, 0.3) is 0 Å². The molecule has 1 aliphatic heterocycles. The van der Waals surface area contributed by atoms with Crippen molar-refractivity contribution in [2.75, 3.05) is 26.4 Å². The highest BCUT2D eigenvalue weighted by atomic mass is 16.5. The van der Waals surface area contributed by atoms with E-state index in [1.807, 2.05) is 0 Å². The lowest BCUT2D eigenvalue weighted by molar-refractivity contribution is -0.147. The van der Waals surface area contributed by atoms with Crippen molar-refractivity contribution in [1.29, 1.82) is 0 Å². The van der Waals surface area contributed by atoms with Gasteiger partial charge in [0.2, 0.25) is 5.91 Å². The predicted octanol–water partition coefficient (Wildman–Crippen LogP) is -0.666. The van der Waals surface area contributed by atoms with Gasteiger partial charge >= 0.3 is 0 Å². The first kappa shape index (κ1) is 11.8. The molecule has 2 aliphatic rings. The number of aliphatic hydroxyl groups is 1. The fourth-order valence-corrected chi connectivity index (χ4v) is 2.24. The van der Waals surface area contributed by atoms with Crippen molar-refractivity contribution in [2.24, 2.45) is 11.7 Å². The lowest BCUT2D eigenvalue weighted by atomic mass is 9.94. The number of hydrogen-bond donors (Lipinski definition) is 2. The van der Waals surface area contributed by atoms with E-state index in [-0.39, 0.29) is 18.6 Å². The van der Waals surface area contributed by atoms with Crippen LogP contribution >= 0.6 is 0 Å². The minimum Gasteiger partial charge on any atom is -0.394 e. The largest absolute Gasteiger partial charge is 0.394 e. The van der Waals surface area contributed by atoms with Gasteiger partial charge in [-0.05, 0) is 25.7 Å². The smallest absolute Gasteiger partial charge is 0.243 e. The molecule has 92 valence electrons. The van der Waals surface area contributed by atoms with Crippen LogP contribution < -0.4 is 5.73 Å². The molecule has 0 bridgehead atoms. The van der Waals surface area contributed by atoms with Crippen LogP contribution in [0.15, 0.2) is 0 Å². The van der Waals surface area contributed by atoms with Crippen molar-refractivity contribution in [3.05, 3.63) is 0 Å². The molecule has 5 nitrogen and oxygen atoms in total.